The number of rotatable bonds is 5. The van der Waals surface area contributed by atoms with E-state index in [9.17, 15) is 9.18 Å². The lowest BCUT2D eigenvalue weighted by molar-refractivity contribution is 0.0967. The molecule has 3 N–H and O–H groups in total. The third kappa shape index (κ3) is 3.82. The van der Waals surface area contributed by atoms with Crippen molar-refractivity contribution in [3.05, 3.63) is 62.3 Å². The van der Waals surface area contributed by atoms with Gasteiger partial charge in [-0.2, -0.15) is 0 Å². The molecule has 0 fully saturated rings. The molecule has 0 saturated heterocycles. The lowest BCUT2D eigenvalue weighted by atomic mass is 10.1. The van der Waals surface area contributed by atoms with Crippen LogP contribution in [0.5, 0.6) is 5.75 Å². The molecular formula is C21H16Cl2FN3O3S. The van der Waals surface area contributed by atoms with Crippen LogP contribution in [0.2, 0.25) is 10.0 Å². The van der Waals surface area contributed by atoms with Crippen LogP contribution >= 0.6 is 34.5 Å². The minimum atomic E-state index is -0.736. The van der Waals surface area contributed by atoms with Gasteiger partial charge >= 0.3 is 0 Å². The number of nitrogens with zero attached hydrogens (tertiary/aromatic N) is 1. The van der Waals surface area contributed by atoms with Crippen LogP contribution in [0, 0.1) is 5.82 Å². The predicted octanol–water partition coefficient (Wildman–Crippen LogP) is 6.08. The van der Waals surface area contributed by atoms with Crippen molar-refractivity contribution in [3.8, 4) is 16.9 Å². The number of fused-ring (bicyclic) bond motifs is 1. The van der Waals surface area contributed by atoms with Crippen LogP contribution in [0.25, 0.3) is 22.1 Å². The molecule has 1 unspecified atom stereocenters. The van der Waals surface area contributed by atoms with Crippen LogP contribution in [0.3, 0.4) is 0 Å². The van der Waals surface area contributed by atoms with Gasteiger partial charge in [0.05, 0.1) is 21.5 Å². The zero-order valence-corrected chi connectivity index (χ0v) is 18.7. The fraction of sp³-hybridized carbons (Fsp3) is 0.143. The van der Waals surface area contributed by atoms with Crippen molar-refractivity contribution in [3.63, 3.8) is 0 Å². The van der Waals surface area contributed by atoms with Gasteiger partial charge in [0, 0.05) is 29.4 Å². The number of anilines is 1. The van der Waals surface area contributed by atoms with Gasteiger partial charge in [-0.15, -0.1) is 11.3 Å². The van der Waals surface area contributed by atoms with Crippen molar-refractivity contribution in [2.75, 3.05) is 12.8 Å². The maximum Gasteiger partial charge on any atom is 0.261 e. The Balaban J connectivity index is 1.75. The molecule has 1 aromatic carbocycles. The van der Waals surface area contributed by atoms with Crippen LogP contribution in [0.4, 0.5) is 10.2 Å². The number of pyridine rings is 1. The van der Waals surface area contributed by atoms with Crippen LogP contribution in [-0.2, 0) is 0 Å². The number of hydrogen-bond acceptors (Lipinski definition) is 6. The smallest absolute Gasteiger partial charge is 0.261 e. The van der Waals surface area contributed by atoms with Gasteiger partial charge in [0.2, 0.25) is 5.75 Å². The second kappa shape index (κ2) is 8.37. The summed E-state index contributed by atoms with van der Waals surface area (Å²) in [7, 11) is 1.57. The average Bonchev–Trinajstić information content (AvgIpc) is 3.39. The number of furan rings is 1. The number of carbonyl (C=O) groups is 1. The summed E-state index contributed by atoms with van der Waals surface area (Å²) in [5.74, 6) is -0.492. The van der Waals surface area contributed by atoms with Gasteiger partial charge in [-0.25, -0.2) is 9.37 Å². The number of nitrogens with two attached hydrogens (primary N) is 1. The first-order chi connectivity index (χ1) is 14.8. The molecule has 3 heterocycles. The topological polar surface area (TPSA) is 90.4 Å². The van der Waals surface area contributed by atoms with E-state index in [2.05, 4.69) is 10.3 Å². The molecule has 10 heteroatoms. The molecular weight excluding hydrogens is 464 g/mol. The molecule has 0 spiro atoms. The number of nitrogen functional groups attached to an aromatic ring is 1. The summed E-state index contributed by atoms with van der Waals surface area (Å²) in [5, 5.41) is 5.23. The van der Waals surface area contributed by atoms with E-state index in [-0.39, 0.29) is 27.5 Å². The number of thiophene rings is 1. The highest BCUT2D eigenvalue weighted by atomic mass is 35.5. The Morgan fingerprint density at radius 2 is 2.16 bits per heavy atom. The highest BCUT2D eigenvalue weighted by molar-refractivity contribution is 7.12. The molecule has 0 radical (unpaired) electrons. The summed E-state index contributed by atoms with van der Waals surface area (Å²) in [6.07, 6.45) is 2.38. The van der Waals surface area contributed by atoms with Crippen molar-refractivity contribution in [2.24, 2.45) is 0 Å². The van der Waals surface area contributed by atoms with Crippen LogP contribution in [-0.4, -0.2) is 17.9 Å². The Bertz CT molecular complexity index is 1300. The zero-order chi connectivity index (χ0) is 22.3. The molecule has 0 aliphatic carbocycles. The minimum Gasteiger partial charge on any atom is -0.478 e. The summed E-state index contributed by atoms with van der Waals surface area (Å²) >= 11 is 13.6. The Kier molecular flexibility index (Phi) is 5.79. The summed E-state index contributed by atoms with van der Waals surface area (Å²) < 4.78 is 25.7. The van der Waals surface area contributed by atoms with Gasteiger partial charge in [-0.05, 0) is 36.1 Å². The third-order valence-electron chi connectivity index (χ3n) is 4.74. The summed E-state index contributed by atoms with van der Waals surface area (Å²) in [4.78, 5) is 16.6. The molecule has 0 saturated carbocycles. The first kappa shape index (κ1) is 21.4. The Morgan fingerprint density at radius 3 is 2.90 bits per heavy atom. The number of aromatic nitrogens is 1. The lowest BCUT2D eigenvalue weighted by Crippen LogP contribution is -2.15. The molecule has 4 aromatic rings. The van der Waals surface area contributed by atoms with Crippen molar-refractivity contribution in [2.45, 2.75) is 13.0 Å². The van der Waals surface area contributed by atoms with E-state index in [1.54, 1.807) is 32.5 Å². The quantitative estimate of drug-likeness (QED) is 0.338. The number of nitrogens with one attached hydrogen (secondary N) is 1. The molecule has 0 aliphatic heterocycles. The van der Waals surface area contributed by atoms with E-state index in [0.29, 0.717) is 21.4 Å². The molecule has 1 amide bonds. The molecule has 0 aliphatic rings. The molecule has 160 valence electrons. The standard InChI is InChI=1S/C21H16Cl2FN3O3S/c1-9(16-13(22)3-4-14(24)17(16)23)30-19-18-11(6-27-20(19)25)12(7-29-18)10-5-15(31-8-10)21(28)26-2/h3-9H,1-2H3,(H2,25,27)(H,26,28). The van der Waals surface area contributed by atoms with E-state index in [1.165, 1.54) is 23.5 Å². The molecule has 0 bridgehead atoms. The van der Waals surface area contributed by atoms with Gasteiger partial charge in [0.25, 0.3) is 5.91 Å². The second-order valence-corrected chi connectivity index (χ2v) is 8.36. The number of hydrogen-bond donors (Lipinski definition) is 2. The maximum atomic E-state index is 13.9. The van der Waals surface area contributed by atoms with Crippen LogP contribution in [0.15, 0.2) is 40.5 Å². The minimum absolute atomic E-state index is 0.0975. The van der Waals surface area contributed by atoms with Gasteiger partial charge < -0.3 is 20.2 Å². The predicted molar refractivity (Wildman–Crippen MR) is 121 cm³/mol. The average molecular weight is 480 g/mol. The van der Waals surface area contributed by atoms with Crippen molar-refractivity contribution in [1.29, 1.82) is 0 Å². The SMILES string of the molecule is CNC(=O)c1cc(-c2coc3c(OC(C)c4c(Cl)ccc(F)c4Cl)c(N)ncc23)cs1. The van der Waals surface area contributed by atoms with E-state index in [0.717, 1.165) is 11.1 Å². The lowest BCUT2D eigenvalue weighted by Gasteiger charge is -2.18. The highest BCUT2D eigenvalue weighted by Crippen LogP contribution is 2.42. The highest BCUT2D eigenvalue weighted by Gasteiger charge is 2.23. The summed E-state index contributed by atoms with van der Waals surface area (Å²) in [6, 6.07) is 4.36. The first-order valence-electron chi connectivity index (χ1n) is 9.08. The molecule has 4 rings (SSSR count). The third-order valence-corrected chi connectivity index (χ3v) is 6.39. The fourth-order valence-electron chi connectivity index (χ4n) is 3.19. The fourth-order valence-corrected chi connectivity index (χ4v) is 4.72. The van der Waals surface area contributed by atoms with Crippen molar-refractivity contribution < 1.29 is 18.3 Å². The number of carbonyl (C=O) groups excluding carboxylic acids is 1. The van der Waals surface area contributed by atoms with Gasteiger partial charge in [-0.3, -0.25) is 4.79 Å². The molecule has 31 heavy (non-hydrogen) atoms. The van der Waals surface area contributed by atoms with Crippen molar-refractivity contribution in [1.82, 2.24) is 10.3 Å². The number of halogens is 3. The molecule has 6 nitrogen and oxygen atoms in total. The first-order valence-corrected chi connectivity index (χ1v) is 10.7. The normalized spacial score (nSPS) is 12.2. The zero-order valence-electron chi connectivity index (χ0n) is 16.3. The van der Waals surface area contributed by atoms with Gasteiger partial charge in [-0.1, -0.05) is 23.2 Å². The largest absolute Gasteiger partial charge is 0.478 e. The Morgan fingerprint density at radius 1 is 1.39 bits per heavy atom. The molecule has 3 aromatic heterocycles. The summed E-state index contributed by atoms with van der Waals surface area (Å²) in [6.45, 7) is 1.67. The monoisotopic (exact) mass is 479 g/mol. The number of benzene rings is 1. The van der Waals surface area contributed by atoms with Crippen LogP contribution in [0.1, 0.15) is 28.3 Å². The number of amides is 1. The summed E-state index contributed by atoms with van der Waals surface area (Å²) in [5.41, 5.74) is 8.22. The van der Waals surface area contributed by atoms with E-state index < -0.39 is 11.9 Å². The van der Waals surface area contributed by atoms with E-state index >= 15 is 0 Å². The number of ether oxygens (including phenoxy) is 1. The second-order valence-electron chi connectivity index (χ2n) is 6.66. The Labute approximate surface area is 190 Å². The van der Waals surface area contributed by atoms with Gasteiger partial charge in [0.1, 0.15) is 11.9 Å². The van der Waals surface area contributed by atoms with Gasteiger partial charge in [0.15, 0.2) is 11.4 Å². The Hall–Kier alpha value is -2.81. The van der Waals surface area contributed by atoms with Crippen molar-refractivity contribution >= 4 is 57.2 Å². The maximum absolute atomic E-state index is 13.9. The van der Waals surface area contributed by atoms with Crippen LogP contribution < -0.4 is 15.8 Å². The van der Waals surface area contributed by atoms with E-state index in [4.69, 9.17) is 38.1 Å². The molecule has 1 atom stereocenters. The van der Waals surface area contributed by atoms with E-state index in [1.807, 2.05) is 5.38 Å².